The summed E-state index contributed by atoms with van der Waals surface area (Å²) in [4.78, 5) is 0. The molecule has 0 aromatic heterocycles. The van der Waals surface area contributed by atoms with E-state index in [2.05, 4.69) is 26.8 Å². The molecule has 190 valence electrons. The van der Waals surface area contributed by atoms with E-state index < -0.39 is 22.1 Å². The molecule has 0 saturated heterocycles. The van der Waals surface area contributed by atoms with Gasteiger partial charge in [0, 0.05) is 0 Å². The number of rotatable bonds is 7. The van der Waals surface area contributed by atoms with E-state index in [1.165, 1.54) is 37.7 Å². The van der Waals surface area contributed by atoms with E-state index in [0.29, 0.717) is 30.1 Å². The van der Waals surface area contributed by atoms with Crippen molar-refractivity contribution in [2.75, 3.05) is 0 Å². The van der Waals surface area contributed by atoms with Crippen LogP contribution >= 0.6 is 0 Å². The number of fused-ring (bicyclic) bond motifs is 5. The molecule has 0 spiro atoms. The lowest BCUT2D eigenvalue weighted by Gasteiger charge is -2.58. The molecule has 0 amide bonds. The van der Waals surface area contributed by atoms with E-state index in [4.69, 9.17) is 8.74 Å². The molecule has 6 heteroatoms. The molecule has 4 aliphatic rings. The first-order chi connectivity index (χ1) is 15.2. The largest absolute Gasteiger partial charge is 0.397 e. The van der Waals surface area contributed by atoms with Crippen LogP contribution in [0.15, 0.2) is 11.6 Å². The molecule has 2 N–H and O–H groups in total. The third-order valence-electron chi connectivity index (χ3n) is 10.5. The molecule has 0 aromatic rings. The highest BCUT2D eigenvalue weighted by atomic mass is 32.3. The first-order valence-electron chi connectivity index (χ1n) is 13.3. The minimum absolute atomic E-state index is 0.139. The van der Waals surface area contributed by atoms with Crippen molar-refractivity contribution in [3.05, 3.63) is 11.6 Å². The van der Waals surface area contributed by atoms with Gasteiger partial charge >= 0.3 is 10.4 Å². The fourth-order valence-corrected chi connectivity index (χ4v) is 9.42. The van der Waals surface area contributed by atoms with Crippen molar-refractivity contribution in [2.24, 2.45) is 40.4 Å². The Labute approximate surface area is 201 Å². The predicted molar refractivity (Wildman–Crippen MR) is 131 cm³/mol. The number of hydrogen-bond donors (Lipinski definition) is 2. The number of hydrogen-bond acceptors (Lipinski definition) is 4. The SMILES string of the molecule is C[C@H](CCCC(C)(C)O)C1CCC2C3CC=C4CC(OS(=O)(=O)O)CCC4(C)C3CCC21C. The van der Waals surface area contributed by atoms with E-state index in [-0.39, 0.29) is 5.41 Å². The molecule has 4 aliphatic carbocycles. The Morgan fingerprint density at radius 1 is 1.15 bits per heavy atom. The summed E-state index contributed by atoms with van der Waals surface area (Å²) < 4.78 is 36.5. The van der Waals surface area contributed by atoms with Gasteiger partial charge in [-0.05, 0) is 112 Å². The van der Waals surface area contributed by atoms with Gasteiger partial charge in [-0.15, -0.1) is 0 Å². The molecule has 4 rings (SSSR count). The van der Waals surface area contributed by atoms with Crippen LogP contribution in [-0.2, 0) is 14.6 Å². The second kappa shape index (κ2) is 8.90. The Morgan fingerprint density at radius 2 is 1.88 bits per heavy atom. The Kier molecular flexibility index (Phi) is 6.92. The van der Waals surface area contributed by atoms with Crippen molar-refractivity contribution in [1.82, 2.24) is 0 Å². The summed E-state index contributed by atoms with van der Waals surface area (Å²) >= 11 is 0. The fourth-order valence-electron chi connectivity index (χ4n) is 8.91. The van der Waals surface area contributed by atoms with Crippen molar-refractivity contribution in [2.45, 2.75) is 117 Å². The second-order valence-corrected chi connectivity index (χ2v) is 14.1. The maximum atomic E-state index is 11.2. The molecule has 0 aliphatic heterocycles. The van der Waals surface area contributed by atoms with Crippen molar-refractivity contribution in [3.63, 3.8) is 0 Å². The number of allylic oxidation sites excluding steroid dienone is 1. The molecule has 0 radical (unpaired) electrons. The molecule has 3 fully saturated rings. The van der Waals surface area contributed by atoms with Gasteiger partial charge in [0.1, 0.15) is 0 Å². The van der Waals surface area contributed by atoms with Crippen LogP contribution in [0, 0.1) is 40.4 Å². The predicted octanol–water partition coefficient (Wildman–Crippen LogP) is 6.33. The van der Waals surface area contributed by atoms with Crippen LogP contribution in [0.4, 0.5) is 0 Å². The van der Waals surface area contributed by atoms with Crippen LogP contribution < -0.4 is 0 Å². The zero-order valence-corrected chi connectivity index (χ0v) is 22.2. The zero-order chi connectivity index (χ0) is 24.2. The molecule has 0 heterocycles. The van der Waals surface area contributed by atoms with Gasteiger partial charge in [-0.2, -0.15) is 8.42 Å². The van der Waals surface area contributed by atoms with Crippen LogP contribution in [-0.4, -0.2) is 29.8 Å². The lowest BCUT2D eigenvalue weighted by molar-refractivity contribution is -0.0563. The smallest absolute Gasteiger partial charge is 0.390 e. The van der Waals surface area contributed by atoms with Crippen LogP contribution in [0.3, 0.4) is 0 Å². The molecule has 3 saturated carbocycles. The first kappa shape index (κ1) is 25.7. The second-order valence-electron chi connectivity index (χ2n) is 13.1. The van der Waals surface area contributed by atoms with Gasteiger partial charge in [-0.25, -0.2) is 4.18 Å². The van der Waals surface area contributed by atoms with Crippen molar-refractivity contribution in [1.29, 1.82) is 0 Å². The summed E-state index contributed by atoms with van der Waals surface area (Å²) in [5.41, 5.74) is 1.36. The Hall–Kier alpha value is -0.430. The molecule has 0 bridgehead atoms. The van der Waals surface area contributed by atoms with Crippen molar-refractivity contribution in [3.8, 4) is 0 Å². The number of aliphatic hydroxyl groups is 1. The third kappa shape index (κ3) is 5.10. The first-order valence-corrected chi connectivity index (χ1v) is 14.7. The Balaban J connectivity index is 1.46. The fraction of sp³-hybridized carbons (Fsp3) is 0.926. The van der Waals surface area contributed by atoms with Gasteiger partial charge in [-0.3, -0.25) is 4.55 Å². The van der Waals surface area contributed by atoms with Gasteiger partial charge in [-0.1, -0.05) is 45.3 Å². The Morgan fingerprint density at radius 3 is 2.55 bits per heavy atom. The lowest BCUT2D eigenvalue weighted by Crippen LogP contribution is -2.51. The summed E-state index contributed by atoms with van der Waals surface area (Å²) in [6.45, 7) is 11.3. The summed E-state index contributed by atoms with van der Waals surface area (Å²) in [6, 6.07) is 0. The Bertz CT molecular complexity index is 858. The van der Waals surface area contributed by atoms with Gasteiger partial charge in [0.2, 0.25) is 0 Å². The molecule has 33 heavy (non-hydrogen) atoms. The van der Waals surface area contributed by atoms with E-state index in [0.717, 1.165) is 43.4 Å². The van der Waals surface area contributed by atoms with Crippen molar-refractivity contribution < 1.29 is 22.3 Å². The summed E-state index contributed by atoms with van der Waals surface area (Å²) in [7, 11) is -4.40. The lowest BCUT2D eigenvalue weighted by atomic mass is 9.47. The topological polar surface area (TPSA) is 83.8 Å². The summed E-state index contributed by atoms with van der Waals surface area (Å²) in [6.07, 6.45) is 13.8. The third-order valence-corrected chi connectivity index (χ3v) is 11.0. The van der Waals surface area contributed by atoms with Crippen LogP contribution in [0.25, 0.3) is 0 Å². The molecular weight excluding hydrogens is 436 g/mol. The standard InChI is InChI=1S/C27H46O5S/c1-18(7-6-14-25(2,3)28)22-10-11-23-21-9-8-19-17-20(32-33(29,30)31)12-15-26(19,4)24(21)13-16-27(22,23)5/h8,18,20-24,28H,6-7,9-17H2,1-5H3,(H,29,30,31)/t18-,20?,21?,22?,23?,24?,26?,27?/m1/s1. The van der Waals surface area contributed by atoms with Crippen molar-refractivity contribution >= 4 is 10.4 Å². The minimum atomic E-state index is -4.40. The van der Waals surface area contributed by atoms with E-state index in [1.54, 1.807) is 0 Å². The highest BCUT2D eigenvalue weighted by Gasteiger charge is 2.59. The maximum Gasteiger partial charge on any atom is 0.397 e. The average Bonchev–Trinajstić information content (AvgIpc) is 3.03. The van der Waals surface area contributed by atoms with Gasteiger partial charge in [0.05, 0.1) is 11.7 Å². The van der Waals surface area contributed by atoms with Crippen LogP contribution in [0.5, 0.6) is 0 Å². The monoisotopic (exact) mass is 482 g/mol. The summed E-state index contributed by atoms with van der Waals surface area (Å²) in [5, 5.41) is 10.1. The molecule has 0 aromatic carbocycles. The zero-order valence-electron chi connectivity index (χ0n) is 21.3. The van der Waals surface area contributed by atoms with Crippen LogP contribution in [0.2, 0.25) is 0 Å². The minimum Gasteiger partial charge on any atom is -0.390 e. The van der Waals surface area contributed by atoms with E-state index in [9.17, 15) is 13.5 Å². The molecule has 8 atom stereocenters. The highest BCUT2D eigenvalue weighted by molar-refractivity contribution is 7.80. The van der Waals surface area contributed by atoms with Gasteiger partial charge in [0.15, 0.2) is 0 Å². The molecule has 5 nitrogen and oxygen atoms in total. The summed E-state index contributed by atoms with van der Waals surface area (Å²) in [5.74, 6) is 3.66. The van der Waals surface area contributed by atoms with Gasteiger partial charge < -0.3 is 5.11 Å². The maximum absolute atomic E-state index is 11.2. The normalized spacial score (nSPS) is 42.2. The van der Waals surface area contributed by atoms with Gasteiger partial charge in [0.25, 0.3) is 0 Å². The molecular formula is C27H46O5S. The van der Waals surface area contributed by atoms with E-state index >= 15 is 0 Å². The average molecular weight is 483 g/mol. The highest BCUT2D eigenvalue weighted by Crippen LogP contribution is 2.67. The quantitative estimate of drug-likeness (QED) is 0.327. The van der Waals surface area contributed by atoms with Crippen LogP contribution in [0.1, 0.15) is 105 Å². The van der Waals surface area contributed by atoms with E-state index in [1.807, 2.05) is 13.8 Å². The molecule has 7 unspecified atom stereocenters.